The van der Waals surface area contributed by atoms with Gasteiger partial charge >= 0.3 is 5.69 Å². The molecule has 4 aromatic rings. The summed E-state index contributed by atoms with van der Waals surface area (Å²) in [7, 11) is 6.16. The molecule has 10 nitrogen and oxygen atoms in total. The first-order chi connectivity index (χ1) is 17.3. The molecule has 0 spiro atoms. The van der Waals surface area contributed by atoms with Crippen molar-refractivity contribution >= 4 is 17.1 Å². The first-order valence-corrected chi connectivity index (χ1v) is 11.6. The highest BCUT2D eigenvalue weighted by Gasteiger charge is 2.33. The van der Waals surface area contributed by atoms with Gasteiger partial charge in [-0.3, -0.25) is 18.7 Å². The minimum absolute atomic E-state index is 0.0874. The number of rotatable bonds is 5. The molecule has 10 heteroatoms. The molecule has 5 rings (SSSR count). The van der Waals surface area contributed by atoms with Crippen LogP contribution in [0.2, 0.25) is 0 Å². The monoisotopic (exact) mass is 489 g/mol. The van der Waals surface area contributed by atoms with Crippen LogP contribution in [0.4, 0.5) is 0 Å². The van der Waals surface area contributed by atoms with Crippen molar-refractivity contribution in [3.8, 4) is 11.5 Å². The fourth-order valence-electron chi connectivity index (χ4n) is 4.96. The number of fused-ring (bicyclic) bond motifs is 2. The van der Waals surface area contributed by atoms with Gasteiger partial charge in [0, 0.05) is 20.6 Å². The second-order valence-corrected chi connectivity index (χ2v) is 8.81. The number of carbonyl (C=O) groups excluding carboxylic acids is 1. The summed E-state index contributed by atoms with van der Waals surface area (Å²) in [5, 5.41) is 0. The summed E-state index contributed by atoms with van der Waals surface area (Å²) in [5.41, 5.74) is 2.52. The Kier molecular flexibility index (Phi) is 5.87. The van der Waals surface area contributed by atoms with Gasteiger partial charge in [0.05, 0.1) is 26.6 Å². The van der Waals surface area contributed by atoms with Crippen molar-refractivity contribution in [3.63, 3.8) is 0 Å². The highest BCUT2D eigenvalue weighted by molar-refractivity contribution is 5.80. The SMILES string of the molecule is COc1cc2c(cc1OC)[C@@H](c1ccccc1)N(C(=O)Cn1cnc3c1c(=O)n(C)c(=O)n3C)CC2. The van der Waals surface area contributed by atoms with Crippen LogP contribution in [0.1, 0.15) is 22.7 Å². The Morgan fingerprint density at radius 3 is 2.42 bits per heavy atom. The zero-order chi connectivity index (χ0) is 25.6. The van der Waals surface area contributed by atoms with E-state index in [1.807, 2.05) is 47.4 Å². The van der Waals surface area contributed by atoms with Crippen LogP contribution in [0, 0.1) is 0 Å². The second kappa shape index (κ2) is 9.03. The lowest BCUT2D eigenvalue weighted by Gasteiger charge is -2.38. The van der Waals surface area contributed by atoms with E-state index in [1.54, 1.807) is 21.3 Å². The number of amides is 1. The molecule has 0 unspecified atom stereocenters. The van der Waals surface area contributed by atoms with Crippen molar-refractivity contribution in [2.24, 2.45) is 14.1 Å². The van der Waals surface area contributed by atoms with Crippen molar-refractivity contribution in [2.75, 3.05) is 20.8 Å². The predicted octanol–water partition coefficient (Wildman–Crippen LogP) is 1.63. The summed E-state index contributed by atoms with van der Waals surface area (Å²) < 4.78 is 14.9. The van der Waals surface area contributed by atoms with Crippen LogP contribution in [0.25, 0.3) is 11.2 Å². The van der Waals surface area contributed by atoms with Gasteiger partial charge in [0.1, 0.15) is 6.54 Å². The summed E-state index contributed by atoms with van der Waals surface area (Å²) >= 11 is 0. The Morgan fingerprint density at radius 1 is 1.03 bits per heavy atom. The molecule has 1 aliphatic rings. The maximum atomic E-state index is 13.8. The third-order valence-corrected chi connectivity index (χ3v) is 6.83. The summed E-state index contributed by atoms with van der Waals surface area (Å²) in [6.45, 7) is 0.403. The number of hydrogen-bond donors (Lipinski definition) is 0. The molecule has 3 heterocycles. The Balaban J connectivity index is 1.58. The number of nitrogens with zero attached hydrogens (tertiary/aromatic N) is 5. The van der Waals surface area contributed by atoms with Gasteiger partial charge in [0.2, 0.25) is 5.91 Å². The molecule has 0 fully saturated rings. The van der Waals surface area contributed by atoms with E-state index in [9.17, 15) is 14.4 Å². The van der Waals surface area contributed by atoms with Gasteiger partial charge in [0.25, 0.3) is 5.56 Å². The minimum atomic E-state index is -0.487. The molecule has 0 N–H and O–H groups in total. The molecule has 1 amide bonds. The van der Waals surface area contributed by atoms with Crippen LogP contribution in [0.3, 0.4) is 0 Å². The number of aromatic nitrogens is 4. The number of imidazole rings is 1. The molecular weight excluding hydrogens is 462 g/mol. The van der Waals surface area contributed by atoms with E-state index in [4.69, 9.17) is 9.47 Å². The van der Waals surface area contributed by atoms with Gasteiger partial charge in [-0.05, 0) is 35.2 Å². The van der Waals surface area contributed by atoms with E-state index in [2.05, 4.69) is 4.98 Å². The highest BCUT2D eigenvalue weighted by atomic mass is 16.5. The Morgan fingerprint density at radius 2 is 1.72 bits per heavy atom. The maximum absolute atomic E-state index is 13.8. The Labute approximate surface area is 206 Å². The van der Waals surface area contributed by atoms with Crippen molar-refractivity contribution < 1.29 is 14.3 Å². The first-order valence-electron chi connectivity index (χ1n) is 11.6. The number of carbonyl (C=O) groups is 1. The van der Waals surface area contributed by atoms with E-state index < -0.39 is 11.2 Å². The van der Waals surface area contributed by atoms with E-state index in [1.165, 1.54) is 22.5 Å². The number of methoxy groups -OCH3 is 2. The van der Waals surface area contributed by atoms with Crippen molar-refractivity contribution in [1.82, 2.24) is 23.6 Å². The lowest BCUT2D eigenvalue weighted by Crippen LogP contribution is -2.42. The second-order valence-electron chi connectivity index (χ2n) is 8.81. The smallest absolute Gasteiger partial charge is 0.332 e. The van der Waals surface area contributed by atoms with Crippen LogP contribution in [-0.4, -0.2) is 50.3 Å². The molecule has 2 aromatic heterocycles. The summed E-state index contributed by atoms with van der Waals surface area (Å²) in [4.78, 5) is 45.0. The highest BCUT2D eigenvalue weighted by Crippen LogP contribution is 2.41. The van der Waals surface area contributed by atoms with E-state index in [0.29, 0.717) is 24.5 Å². The van der Waals surface area contributed by atoms with E-state index in [0.717, 1.165) is 21.3 Å². The summed E-state index contributed by atoms with van der Waals surface area (Å²) in [6, 6.07) is 13.4. The van der Waals surface area contributed by atoms with Crippen LogP contribution in [0.5, 0.6) is 11.5 Å². The third kappa shape index (κ3) is 3.65. The molecule has 0 saturated carbocycles. The fraction of sp³-hybridized carbons (Fsp3) is 0.308. The predicted molar refractivity (Wildman–Crippen MR) is 133 cm³/mol. The van der Waals surface area contributed by atoms with Crippen LogP contribution in [-0.2, 0) is 31.9 Å². The van der Waals surface area contributed by atoms with Gasteiger partial charge < -0.3 is 18.9 Å². The van der Waals surface area contributed by atoms with Gasteiger partial charge in [-0.2, -0.15) is 0 Å². The quantitative estimate of drug-likeness (QED) is 0.422. The Hall–Kier alpha value is -4.34. The van der Waals surface area contributed by atoms with Crippen LogP contribution in [0.15, 0.2) is 58.4 Å². The Bertz CT molecular complexity index is 1580. The maximum Gasteiger partial charge on any atom is 0.332 e. The number of ether oxygens (including phenoxy) is 2. The lowest BCUT2D eigenvalue weighted by molar-refractivity contribution is -0.133. The molecule has 0 bridgehead atoms. The van der Waals surface area contributed by atoms with Gasteiger partial charge in [-0.1, -0.05) is 30.3 Å². The average Bonchev–Trinajstić information content (AvgIpc) is 3.33. The molecule has 2 aromatic carbocycles. The molecule has 36 heavy (non-hydrogen) atoms. The molecule has 0 radical (unpaired) electrons. The fourth-order valence-corrected chi connectivity index (χ4v) is 4.96. The van der Waals surface area contributed by atoms with Crippen LogP contribution >= 0.6 is 0 Å². The molecular formula is C26H27N5O5. The number of aryl methyl sites for hydroxylation is 1. The standard InChI is InChI=1S/C26H27N5O5/c1-28-24-23(25(33)29(2)26(28)34)30(15-27-24)14-21(32)31-11-10-17-12-19(35-3)20(36-4)13-18(17)22(31)16-8-6-5-7-9-16/h5-9,12-13,15,22H,10-11,14H2,1-4H3/t22-/m1/s1. The van der Waals surface area contributed by atoms with Crippen molar-refractivity contribution in [1.29, 1.82) is 0 Å². The molecule has 186 valence electrons. The van der Waals surface area contributed by atoms with Gasteiger partial charge in [0.15, 0.2) is 22.7 Å². The average molecular weight is 490 g/mol. The zero-order valence-electron chi connectivity index (χ0n) is 20.6. The number of benzene rings is 2. The minimum Gasteiger partial charge on any atom is -0.493 e. The van der Waals surface area contributed by atoms with Crippen molar-refractivity contribution in [3.05, 3.63) is 86.3 Å². The largest absolute Gasteiger partial charge is 0.493 e. The number of hydrogen-bond acceptors (Lipinski definition) is 6. The third-order valence-electron chi connectivity index (χ3n) is 6.83. The molecule has 0 aliphatic carbocycles. The van der Waals surface area contributed by atoms with E-state index in [-0.39, 0.29) is 29.7 Å². The van der Waals surface area contributed by atoms with Gasteiger partial charge in [-0.25, -0.2) is 9.78 Å². The summed E-state index contributed by atoms with van der Waals surface area (Å²) in [6.07, 6.45) is 2.08. The van der Waals surface area contributed by atoms with Gasteiger partial charge in [-0.15, -0.1) is 0 Å². The lowest BCUT2D eigenvalue weighted by atomic mass is 9.87. The van der Waals surface area contributed by atoms with Crippen LogP contribution < -0.4 is 20.7 Å². The normalized spacial score (nSPS) is 15.1. The summed E-state index contributed by atoms with van der Waals surface area (Å²) in [5.74, 6) is 1.07. The van der Waals surface area contributed by atoms with Crippen molar-refractivity contribution in [2.45, 2.75) is 19.0 Å². The zero-order valence-corrected chi connectivity index (χ0v) is 20.6. The first kappa shape index (κ1) is 23.4. The van der Waals surface area contributed by atoms with E-state index >= 15 is 0 Å². The molecule has 0 saturated heterocycles. The molecule has 1 aliphatic heterocycles. The topological polar surface area (TPSA) is 101 Å². The molecule has 1 atom stereocenters.